The van der Waals surface area contributed by atoms with Crippen LogP contribution in [0.1, 0.15) is 23.6 Å². The predicted octanol–water partition coefficient (Wildman–Crippen LogP) is 7.33. The number of hydrogen-bond acceptors (Lipinski definition) is 2. The second-order valence-corrected chi connectivity index (χ2v) is 8.89. The Morgan fingerprint density at radius 2 is 1.19 bits per heavy atom. The lowest BCUT2D eigenvalue weighted by Gasteiger charge is -2.24. The highest BCUT2D eigenvalue weighted by molar-refractivity contribution is 9.11. The summed E-state index contributed by atoms with van der Waals surface area (Å²) < 4.78 is 3.23. The smallest absolute Gasteiger partial charge is 0.0831 e. The van der Waals surface area contributed by atoms with E-state index in [0.29, 0.717) is 0 Å². The van der Waals surface area contributed by atoms with Crippen LogP contribution in [-0.4, -0.2) is 5.71 Å². The molecule has 5 heteroatoms. The van der Waals surface area contributed by atoms with Crippen molar-refractivity contribution in [3.05, 3.63) is 97.3 Å². The third-order valence-corrected chi connectivity index (χ3v) is 6.02. The van der Waals surface area contributed by atoms with Gasteiger partial charge in [-0.25, -0.2) is 0 Å². The van der Waals surface area contributed by atoms with Crippen molar-refractivity contribution in [2.75, 3.05) is 5.01 Å². The molecule has 3 aromatic carbocycles. The highest BCUT2D eigenvalue weighted by Gasteiger charge is 2.29. The highest BCUT2D eigenvalue weighted by Crippen LogP contribution is 2.37. The van der Waals surface area contributed by atoms with E-state index >= 15 is 0 Å². The molecule has 0 aliphatic carbocycles. The average Bonchev–Trinajstić information content (AvgIpc) is 3.09. The summed E-state index contributed by atoms with van der Waals surface area (Å²) in [5.41, 5.74) is 4.61. The van der Waals surface area contributed by atoms with Gasteiger partial charge in [-0.15, -0.1) is 0 Å². The van der Waals surface area contributed by atoms with Gasteiger partial charge in [0.2, 0.25) is 0 Å². The van der Waals surface area contributed by atoms with Crippen LogP contribution in [0.15, 0.2) is 91.3 Å². The first-order valence-corrected chi connectivity index (χ1v) is 10.6. The van der Waals surface area contributed by atoms with Crippen molar-refractivity contribution in [2.45, 2.75) is 12.5 Å². The maximum Gasteiger partial charge on any atom is 0.0831 e. The number of benzene rings is 3. The van der Waals surface area contributed by atoms with Gasteiger partial charge in [0.05, 0.1) is 17.4 Å². The van der Waals surface area contributed by atoms with Crippen LogP contribution in [0.3, 0.4) is 0 Å². The molecule has 0 aromatic heterocycles. The second-order valence-electron chi connectivity index (χ2n) is 6.15. The molecular formula is C21H15Br3N2. The third-order valence-electron chi connectivity index (χ3n) is 4.43. The molecule has 0 saturated heterocycles. The van der Waals surface area contributed by atoms with E-state index < -0.39 is 0 Å². The summed E-state index contributed by atoms with van der Waals surface area (Å²) in [4.78, 5) is 0. The van der Waals surface area contributed by atoms with Gasteiger partial charge in [-0.1, -0.05) is 72.1 Å². The molecule has 4 rings (SSSR count). The zero-order chi connectivity index (χ0) is 18.1. The molecule has 0 N–H and O–H groups in total. The standard InChI is InChI=1S/C21H15Br3N2/c22-16-5-1-14(2-6-16)20-13-21(15-3-7-17(23)8-4-15)26(25-20)19-11-9-18(24)10-12-19/h1-12,21H,13H2. The van der Waals surface area contributed by atoms with Crippen LogP contribution in [0.25, 0.3) is 0 Å². The fourth-order valence-electron chi connectivity index (χ4n) is 3.10. The highest BCUT2D eigenvalue weighted by atomic mass is 79.9. The largest absolute Gasteiger partial charge is 0.257 e. The summed E-state index contributed by atoms with van der Waals surface area (Å²) in [6.07, 6.45) is 0.874. The van der Waals surface area contributed by atoms with Gasteiger partial charge in [0.25, 0.3) is 0 Å². The van der Waals surface area contributed by atoms with E-state index in [9.17, 15) is 0 Å². The van der Waals surface area contributed by atoms with E-state index in [1.165, 1.54) is 5.56 Å². The minimum atomic E-state index is 0.183. The molecule has 130 valence electrons. The molecule has 0 spiro atoms. The Bertz CT molecular complexity index is 933. The van der Waals surface area contributed by atoms with E-state index in [4.69, 9.17) is 5.10 Å². The molecule has 0 radical (unpaired) electrons. The van der Waals surface area contributed by atoms with Crippen LogP contribution >= 0.6 is 47.8 Å². The first-order chi connectivity index (χ1) is 12.6. The summed E-state index contributed by atoms with van der Waals surface area (Å²) in [7, 11) is 0. The summed E-state index contributed by atoms with van der Waals surface area (Å²) in [6, 6.07) is 25.4. The molecule has 1 aliphatic heterocycles. The van der Waals surface area contributed by atoms with Gasteiger partial charge >= 0.3 is 0 Å². The number of anilines is 1. The molecule has 1 atom stereocenters. The Labute approximate surface area is 178 Å². The lowest BCUT2D eigenvalue weighted by Crippen LogP contribution is -2.18. The monoisotopic (exact) mass is 532 g/mol. The molecule has 0 fully saturated rings. The van der Waals surface area contributed by atoms with Gasteiger partial charge in [-0.05, 0) is 59.7 Å². The van der Waals surface area contributed by atoms with Crippen molar-refractivity contribution in [3.63, 3.8) is 0 Å². The molecule has 26 heavy (non-hydrogen) atoms. The summed E-state index contributed by atoms with van der Waals surface area (Å²) in [5.74, 6) is 0. The number of halogens is 3. The van der Waals surface area contributed by atoms with Crippen molar-refractivity contribution in [3.8, 4) is 0 Å². The Balaban J connectivity index is 1.74. The van der Waals surface area contributed by atoms with Gasteiger partial charge < -0.3 is 0 Å². The van der Waals surface area contributed by atoms with Crippen LogP contribution in [0.5, 0.6) is 0 Å². The number of rotatable bonds is 3. The Morgan fingerprint density at radius 3 is 1.77 bits per heavy atom. The Morgan fingerprint density at radius 1 is 0.692 bits per heavy atom. The van der Waals surface area contributed by atoms with E-state index in [0.717, 1.165) is 36.8 Å². The fraction of sp³-hybridized carbons (Fsp3) is 0.0952. The molecular weight excluding hydrogens is 520 g/mol. The predicted molar refractivity (Wildman–Crippen MR) is 119 cm³/mol. The second kappa shape index (κ2) is 7.67. The fourth-order valence-corrected chi connectivity index (χ4v) is 3.90. The zero-order valence-corrected chi connectivity index (χ0v) is 18.5. The first kappa shape index (κ1) is 18.0. The Kier molecular flexibility index (Phi) is 5.30. The van der Waals surface area contributed by atoms with Gasteiger partial charge in [0.1, 0.15) is 0 Å². The molecule has 3 aromatic rings. The van der Waals surface area contributed by atoms with Crippen molar-refractivity contribution in [1.82, 2.24) is 0 Å². The van der Waals surface area contributed by atoms with Crippen LogP contribution in [0.4, 0.5) is 5.69 Å². The van der Waals surface area contributed by atoms with Crippen molar-refractivity contribution < 1.29 is 0 Å². The van der Waals surface area contributed by atoms with E-state index in [1.807, 2.05) is 0 Å². The van der Waals surface area contributed by atoms with Gasteiger partial charge in [0.15, 0.2) is 0 Å². The molecule has 2 nitrogen and oxygen atoms in total. The molecule has 0 amide bonds. The summed E-state index contributed by atoms with van der Waals surface area (Å²) >= 11 is 10.5. The third kappa shape index (κ3) is 3.80. The van der Waals surface area contributed by atoms with E-state index in [-0.39, 0.29) is 6.04 Å². The topological polar surface area (TPSA) is 15.6 Å². The van der Waals surface area contributed by atoms with Gasteiger partial charge in [-0.3, -0.25) is 5.01 Å². The van der Waals surface area contributed by atoms with E-state index in [2.05, 4.69) is 126 Å². The van der Waals surface area contributed by atoms with Crippen LogP contribution < -0.4 is 5.01 Å². The minimum absolute atomic E-state index is 0.183. The van der Waals surface area contributed by atoms with Crippen molar-refractivity contribution >= 4 is 59.2 Å². The normalized spacial score (nSPS) is 16.7. The van der Waals surface area contributed by atoms with Crippen molar-refractivity contribution in [1.29, 1.82) is 0 Å². The van der Waals surface area contributed by atoms with Crippen LogP contribution in [-0.2, 0) is 0 Å². The molecule has 0 saturated carbocycles. The summed E-state index contributed by atoms with van der Waals surface area (Å²) in [5, 5.41) is 7.11. The number of hydrazone groups is 1. The SMILES string of the molecule is Brc1ccc(C2=NN(c3ccc(Br)cc3)C(c3ccc(Br)cc3)C2)cc1. The maximum absolute atomic E-state index is 4.98. The quantitative estimate of drug-likeness (QED) is 0.343. The van der Waals surface area contributed by atoms with E-state index in [1.54, 1.807) is 0 Å². The lowest BCUT2D eigenvalue weighted by molar-refractivity contribution is 0.709. The van der Waals surface area contributed by atoms with Gasteiger partial charge in [-0.2, -0.15) is 5.10 Å². The minimum Gasteiger partial charge on any atom is -0.257 e. The van der Waals surface area contributed by atoms with Crippen LogP contribution in [0, 0.1) is 0 Å². The number of hydrogen-bond donors (Lipinski definition) is 0. The maximum atomic E-state index is 4.98. The zero-order valence-electron chi connectivity index (χ0n) is 13.7. The average molecular weight is 535 g/mol. The summed E-state index contributed by atoms with van der Waals surface area (Å²) in [6.45, 7) is 0. The first-order valence-electron chi connectivity index (χ1n) is 8.24. The van der Waals surface area contributed by atoms with Crippen LogP contribution in [0.2, 0.25) is 0 Å². The molecule has 1 heterocycles. The Hall–Kier alpha value is -1.43. The molecule has 1 aliphatic rings. The van der Waals surface area contributed by atoms with Crippen molar-refractivity contribution in [2.24, 2.45) is 5.10 Å². The molecule has 0 bridgehead atoms. The molecule has 1 unspecified atom stereocenters. The number of nitrogens with zero attached hydrogens (tertiary/aromatic N) is 2. The van der Waals surface area contributed by atoms with Gasteiger partial charge in [0, 0.05) is 19.8 Å². The lowest BCUT2D eigenvalue weighted by atomic mass is 9.98.